The highest BCUT2D eigenvalue weighted by Gasteiger charge is 2.05. The SMILES string of the molecule is N#Cc1cccc(OCCN(CCO)c2ccccc2)c1. The maximum absolute atomic E-state index is 9.16. The summed E-state index contributed by atoms with van der Waals surface area (Å²) in [5.74, 6) is 0.686. The summed E-state index contributed by atoms with van der Waals surface area (Å²) < 4.78 is 5.67. The van der Waals surface area contributed by atoms with Gasteiger partial charge >= 0.3 is 0 Å². The number of aliphatic hydroxyl groups excluding tert-OH is 1. The van der Waals surface area contributed by atoms with E-state index in [1.54, 1.807) is 18.2 Å². The lowest BCUT2D eigenvalue weighted by Crippen LogP contribution is -2.31. The van der Waals surface area contributed by atoms with Crippen molar-refractivity contribution in [2.45, 2.75) is 0 Å². The Labute approximate surface area is 124 Å². The third kappa shape index (κ3) is 4.51. The molecule has 0 amide bonds. The zero-order valence-corrected chi connectivity index (χ0v) is 11.8. The second-order valence-electron chi connectivity index (χ2n) is 4.53. The largest absolute Gasteiger partial charge is 0.492 e. The minimum atomic E-state index is 0.0960. The van der Waals surface area contributed by atoms with Crippen LogP contribution in [0.3, 0.4) is 0 Å². The quantitative estimate of drug-likeness (QED) is 0.847. The highest BCUT2D eigenvalue weighted by molar-refractivity contribution is 5.46. The van der Waals surface area contributed by atoms with Gasteiger partial charge in [-0.1, -0.05) is 24.3 Å². The highest BCUT2D eigenvalue weighted by Crippen LogP contribution is 2.15. The second kappa shape index (κ2) is 7.93. The van der Waals surface area contributed by atoms with Gasteiger partial charge in [0.2, 0.25) is 0 Å². The first-order valence-electron chi connectivity index (χ1n) is 6.87. The van der Waals surface area contributed by atoms with Gasteiger partial charge in [-0.15, -0.1) is 0 Å². The fourth-order valence-electron chi connectivity index (χ4n) is 2.06. The van der Waals surface area contributed by atoms with Crippen LogP contribution in [0.15, 0.2) is 54.6 Å². The number of hydrogen-bond donors (Lipinski definition) is 1. The van der Waals surface area contributed by atoms with Crippen molar-refractivity contribution in [1.82, 2.24) is 0 Å². The van der Waals surface area contributed by atoms with E-state index in [1.807, 2.05) is 36.4 Å². The number of ether oxygens (including phenoxy) is 1. The van der Waals surface area contributed by atoms with Crippen LogP contribution in [0, 0.1) is 11.3 Å². The molecule has 0 radical (unpaired) electrons. The van der Waals surface area contributed by atoms with Crippen molar-refractivity contribution >= 4 is 5.69 Å². The first-order valence-corrected chi connectivity index (χ1v) is 6.87. The molecule has 4 heteroatoms. The van der Waals surface area contributed by atoms with E-state index in [1.165, 1.54) is 0 Å². The van der Waals surface area contributed by atoms with Crippen molar-refractivity contribution in [2.24, 2.45) is 0 Å². The molecule has 0 fully saturated rings. The van der Waals surface area contributed by atoms with Crippen LogP contribution < -0.4 is 9.64 Å². The number of nitrogens with zero attached hydrogens (tertiary/aromatic N) is 2. The van der Waals surface area contributed by atoms with Gasteiger partial charge in [0.15, 0.2) is 0 Å². The molecule has 0 spiro atoms. The lowest BCUT2D eigenvalue weighted by Gasteiger charge is -2.23. The van der Waals surface area contributed by atoms with Gasteiger partial charge in [0, 0.05) is 12.2 Å². The van der Waals surface area contributed by atoms with Crippen molar-refractivity contribution in [1.29, 1.82) is 5.26 Å². The van der Waals surface area contributed by atoms with Crippen LogP contribution >= 0.6 is 0 Å². The predicted octanol–water partition coefficient (Wildman–Crippen LogP) is 2.44. The van der Waals surface area contributed by atoms with Crippen LogP contribution in [0.4, 0.5) is 5.69 Å². The molecule has 0 aliphatic carbocycles. The Morgan fingerprint density at radius 3 is 2.57 bits per heavy atom. The van der Waals surface area contributed by atoms with Gasteiger partial charge in [0.1, 0.15) is 12.4 Å². The second-order valence-corrected chi connectivity index (χ2v) is 4.53. The number of para-hydroxylation sites is 1. The molecule has 108 valence electrons. The Kier molecular flexibility index (Phi) is 5.62. The molecule has 0 bridgehead atoms. The maximum Gasteiger partial charge on any atom is 0.120 e. The normalized spacial score (nSPS) is 9.90. The monoisotopic (exact) mass is 282 g/mol. The molecule has 4 nitrogen and oxygen atoms in total. The van der Waals surface area contributed by atoms with Gasteiger partial charge in [-0.3, -0.25) is 0 Å². The third-order valence-corrected chi connectivity index (χ3v) is 3.08. The Balaban J connectivity index is 1.92. The van der Waals surface area contributed by atoms with Gasteiger partial charge in [-0.2, -0.15) is 5.26 Å². The zero-order chi connectivity index (χ0) is 14.9. The minimum absolute atomic E-state index is 0.0960. The molecule has 0 aliphatic heterocycles. The fraction of sp³-hybridized carbons (Fsp3) is 0.235. The molecule has 0 aliphatic rings. The smallest absolute Gasteiger partial charge is 0.120 e. The lowest BCUT2D eigenvalue weighted by molar-refractivity contribution is 0.290. The Morgan fingerprint density at radius 2 is 1.86 bits per heavy atom. The van der Waals surface area contributed by atoms with Crippen molar-refractivity contribution in [3.63, 3.8) is 0 Å². The first kappa shape index (κ1) is 14.9. The molecule has 0 aromatic heterocycles. The molecule has 21 heavy (non-hydrogen) atoms. The number of aliphatic hydroxyl groups is 1. The number of nitriles is 1. The van der Waals surface area contributed by atoms with E-state index in [2.05, 4.69) is 11.0 Å². The molecule has 2 aromatic rings. The van der Waals surface area contributed by atoms with Crippen molar-refractivity contribution in [3.8, 4) is 11.8 Å². The van der Waals surface area contributed by atoms with Crippen LogP contribution in [-0.2, 0) is 0 Å². The summed E-state index contributed by atoms with van der Waals surface area (Å²) in [5.41, 5.74) is 1.64. The summed E-state index contributed by atoms with van der Waals surface area (Å²) >= 11 is 0. The minimum Gasteiger partial charge on any atom is -0.492 e. The summed E-state index contributed by atoms with van der Waals surface area (Å²) in [6.45, 7) is 1.82. The summed E-state index contributed by atoms with van der Waals surface area (Å²) in [6.07, 6.45) is 0. The summed E-state index contributed by atoms with van der Waals surface area (Å²) in [4.78, 5) is 2.06. The van der Waals surface area contributed by atoms with E-state index in [-0.39, 0.29) is 6.61 Å². The molecule has 0 saturated heterocycles. The molecular formula is C17H18N2O2. The fourth-order valence-corrected chi connectivity index (χ4v) is 2.06. The first-order chi connectivity index (χ1) is 10.3. The van der Waals surface area contributed by atoms with E-state index in [9.17, 15) is 0 Å². The Hall–Kier alpha value is -2.51. The van der Waals surface area contributed by atoms with Gasteiger partial charge in [-0.25, -0.2) is 0 Å². The third-order valence-electron chi connectivity index (χ3n) is 3.08. The number of hydrogen-bond acceptors (Lipinski definition) is 4. The predicted molar refractivity (Wildman–Crippen MR) is 82.4 cm³/mol. The van der Waals surface area contributed by atoms with Gasteiger partial charge in [-0.05, 0) is 30.3 Å². The topological polar surface area (TPSA) is 56.5 Å². The average Bonchev–Trinajstić information content (AvgIpc) is 2.55. The van der Waals surface area contributed by atoms with E-state index in [4.69, 9.17) is 15.1 Å². The van der Waals surface area contributed by atoms with Crippen LogP contribution in [0.25, 0.3) is 0 Å². The molecule has 2 rings (SSSR count). The van der Waals surface area contributed by atoms with E-state index in [0.29, 0.717) is 31.0 Å². The van der Waals surface area contributed by atoms with E-state index >= 15 is 0 Å². The molecule has 0 unspecified atom stereocenters. The molecule has 1 N–H and O–H groups in total. The number of rotatable bonds is 7. The highest BCUT2D eigenvalue weighted by atomic mass is 16.5. The average molecular weight is 282 g/mol. The Morgan fingerprint density at radius 1 is 1.05 bits per heavy atom. The van der Waals surface area contributed by atoms with Gasteiger partial charge in [0.25, 0.3) is 0 Å². The van der Waals surface area contributed by atoms with E-state index in [0.717, 1.165) is 5.69 Å². The van der Waals surface area contributed by atoms with E-state index < -0.39 is 0 Å². The van der Waals surface area contributed by atoms with Crippen molar-refractivity contribution < 1.29 is 9.84 Å². The summed E-state index contributed by atoms with van der Waals surface area (Å²) in [7, 11) is 0. The van der Waals surface area contributed by atoms with Crippen LogP contribution in [0.5, 0.6) is 5.75 Å². The van der Waals surface area contributed by atoms with Crippen LogP contribution in [0.2, 0.25) is 0 Å². The molecule has 0 heterocycles. The van der Waals surface area contributed by atoms with Crippen LogP contribution in [0.1, 0.15) is 5.56 Å². The molecule has 2 aromatic carbocycles. The van der Waals surface area contributed by atoms with Crippen molar-refractivity contribution in [2.75, 3.05) is 31.2 Å². The van der Waals surface area contributed by atoms with Gasteiger partial charge in [0.05, 0.1) is 24.8 Å². The van der Waals surface area contributed by atoms with Gasteiger partial charge < -0.3 is 14.7 Å². The lowest BCUT2D eigenvalue weighted by atomic mass is 10.2. The zero-order valence-electron chi connectivity index (χ0n) is 11.8. The maximum atomic E-state index is 9.16. The molecule has 0 saturated carbocycles. The number of benzene rings is 2. The molecule has 0 atom stereocenters. The number of anilines is 1. The van der Waals surface area contributed by atoms with Crippen molar-refractivity contribution in [3.05, 3.63) is 60.2 Å². The standard InChI is InChI=1S/C17H18N2O2/c18-14-15-5-4-8-17(13-15)21-12-10-19(9-11-20)16-6-2-1-3-7-16/h1-8,13,20H,9-12H2. The summed E-state index contributed by atoms with van der Waals surface area (Å²) in [5, 5.41) is 18.0. The Bertz CT molecular complexity index is 593. The van der Waals surface area contributed by atoms with Crippen LogP contribution in [-0.4, -0.2) is 31.4 Å². The molecular weight excluding hydrogens is 264 g/mol. The summed E-state index contributed by atoms with van der Waals surface area (Å²) in [6, 6.07) is 19.1.